The van der Waals surface area contributed by atoms with Crippen molar-refractivity contribution < 1.29 is 21.6 Å². The smallest absolute Gasteiger partial charge is 0.216 e. The number of halogens is 3. The van der Waals surface area contributed by atoms with Crippen LogP contribution in [0.4, 0.5) is 13.2 Å². The molecule has 3 N–H and O–H groups in total. The van der Waals surface area contributed by atoms with Gasteiger partial charge in [-0.15, -0.1) is 0 Å². The molecule has 1 fully saturated rings. The fraction of sp³-hybridized carbons (Fsp3) is 0.455. The lowest BCUT2D eigenvalue weighted by Crippen LogP contribution is -2.36. The van der Waals surface area contributed by atoms with Gasteiger partial charge in [0.15, 0.2) is 0 Å². The quantitative estimate of drug-likeness (QED) is 0.884. The SMILES string of the molecule is NS(=O)(=O)NCC1(c2cccc(C(F)(F)F)c2)CC1. The van der Waals surface area contributed by atoms with Gasteiger partial charge in [-0.1, -0.05) is 18.2 Å². The number of nitrogens with one attached hydrogen (secondary N) is 1. The Bertz CT molecular complexity index is 580. The Balaban J connectivity index is 2.22. The van der Waals surface area contributed by atoms with Crippen LogP contribution in [0.5, 0.6) is 0 Å². The molecule has 0 bridgehead atoms. The summed E-state index contributed by atoms with van der Waals surface area (Å²) in [4.78, 5) is 0. The van der Waals surface area contributed by atoms with Crippen LogP contribution in [0.2, 0.25) is 0 Å². The van der Waals surface area contributed by atoms with E-state index in [1.54, 1.807) is 6.07 Å². The molecule has 1 aliphatic rings. The molecule has 0 aliphatic heterocycles. The van der Waals surface area contributed by atoms with Crippen molar-refractivity contribution in [2.45, 2.75) is 24.4 Å². The van der Waals surface area contributed by atoms with Gasteiger partial charge in [0.1, 0.15) is 0 Å². The second-order valence-corrected chi connectivity index (χ2v) is 6.10. The number of benzene rings is 1. The molecule has 0 heterocycles. The van der Waals surface area contributed by atoms with Crippen LogP contribution in [0.15, 0.2) is 24.3 Å². The molecule has 0 spiro atoms. The first-order valence-electron chi connectivity index (χ1n) is 5.58. The minimum absolute atomic E-state index is 0.0210. The minimum atomic E-state index is -4.40. The summed E-state index contributed by atoms with van der Waals surface area (Å²) in [5.74, 6) is 0. The molecule has 8 heteroatoms. The van der Waals surface area contributed by atoms with Crippen molar-refractivity contribution in [3.63, 3.8) is 0 Å². The van der Waals surface area contributed by atoms with Gasteiger partial charge in [-0.2, -0.15) is 21.6 Å². The van der Waals surface area contributed by atoms with E-state index in [1.807, 2.05) is 0 Å². The van der Waals surface area contributed by atoms with Gasteiger partial charge in [0, 0.05) is 12.0 Å². The molecule has 1 aromatic carbocycles. The number of hydrogen-bond donors (Lipinski definition) is 2. The molecule has 4 nitrogen and oxygen atoms in total. The van der Waals surface area contributed by atoms with E-state index in [4.69, 9.17) is 5.14 Å². The molecule has 2 rings (SSSR count). The minimum Gasteiger partial charge on any atom is -0.216 e. The lowest BCUT2D eigenvalue weighted by Gasteiger charge is -2.17. The van der Waals surface area contributed by atoms with Crippen LogP contribution in [0.25, 0.3) is 0 Å². The highest BCUT2D eigenvalue weighted by atomic mass is 32.2. The first-order valence-corrected chi connectivity index (χ1v) is 7.12. The largest absolute Gasteiger partial charge is 0.416 e. The summed E-state index contributed by atoms with van der Waals surface area (Å²) < 4.78 is 61.7. The zero-order chi connectivity index (χ0) is 14.3. The number of rotatable bonds is 4. The Hall–Kier alpha value is -1.12. The monoisotopic (exact) mass is 294 g/mol. The topological polar surface area (TPSA) is 72.2 Å². The van der Waals surface area contributed by atoms with Gasteiger partial charge in [-0.3, -0.25) is 0 Å². The molecular weight excluding hydrogens is 281 g/mol. The lowest BCUT2D eigenvalue weighted by atomic mass is 9.94. The van der Waals surface area contributed by atoms with Crippen molar-refractivity contribution in [3.8, 4) is 0 Å². The van der Waals surface area contributed by atoms with Gasteiger partial charge in [0.2, 0.25) is 0 Å². The molecular formula is C11H13F3N2O2S. The van der Waals surface area contributed by atoms with Crippen LogP contribution in [0.1, 0.15) is 24.0 Å². The lowest BCUT2D eigenvalue weighted by molar-refractivity contribution is -0.137. The summed E-state index contributed by atoms with van der Waals surface area (Å²) in [5.41, 5.74) is -0.807. The zero-order valence-electron chi connectivity index (χ0n) is 9.87. The fourth-order valence-corrected chi connectivity index (χ4v) is 2.46. The van der Waals surface area contributed by atoms with Gasteiger partial charge in [-0.25, -0.2) is 9.86 Å². The second-order valence-electron chi connectivity index (χ2n) is 4.73. The normalized spacial score (nSPS) is 18.3. The number of hydrogen-bond acceptors (Lipinski definition) is 2. The van der Waals surface area contributed by atoms with E-state index in [0.29, 0.717) is 18.4 Å². The highest BCUT2D eigenvalue weighted by molar-refractivity contribution is 7.87. The predicted molar refractivity (Wildman–Crippen MR) is 63.5 cm³/mol. The summed E-state index contributed by atoms with van der Waals surface area (Å²) in [6.07, 6.45) is -3.13. The molecule has 0 radical (unpaired) electrons. The van der Waals surface area contributed by atoms with Gasteiger partial charge >= 0.3 is 6.18 Å². The van der Waals surface area contributed by atoms with Gasteiger partial charge in [0.05, 0.1) is 5.56 Å². The van der Waals surface area contributed by atoms with Crippen molar-refractivity contribution in [2.24, 2.45) is 5.14 Å². The fourth-order valence-electron chi connectivity index (χ4n) is 1.98. The average molecular weight is 294 g/mol. The molecule has 1 aliphatic carbocycles. The molecule has 1 saturated carbocycles. The van der Waals surface area contributed by atoms with Crippen molar-refractivity contribution in [1.29, 1.82) is 0 Å². The van der Waals surface area contributed by atoms with E-state index in [0.717, 1.165) is 12.1 Å². The predicted octanol–water partition coefficient (Wildman–Crippen LogP) is 1.53. The van der Waals surface area contributed by atoms with E-state index in [9.17, 15) is 21.6 Å². The molecule has 0 amide bonds. The van der Waals surface area contributed by atoms with E-state index < -0.39 is 27.4 Å². The Morgan fingerprint density at radius 3 is 2.42 bits per heavy atom. The summed E-state index contributed by atoms with van der Waals surface area (Å²) in [6.45, 7) is 0.0210. The van der Waals surface area contributed by atoms with Crippen LogP contribution in [0.3, 0.4) is 0 Å². The van der Waals surface area contributed by atoms with Crippen LogP contribution in [-0.4, -0.2) is 15.0 Å². The third kappa shape index (κ3) is 3.46. The van der Waals surface area contributed by atoms with Crippen molar-refractivity contribution in [1.82, 2.24) is 4.72 Å². The van der Waals surface area contributed by atoms with Crippen LogP contribution in [0, 0.1) is 0 Å². The Morgan fingerprint density at radius 2 is 1.95 bits per heavy atom. The van der Waals surface area contributed by atoms with Gasteiger partial charge in [-0.05, 0) is 24.5 Å². The Morgan fingerprint density at radius 1 is 1.32 bits per heavy atom. The molecule has 19 heavy (non-hydrogen) atoms. The first kappa shape index (κ1) is 14.3. The van der Waals surface area contributed by atoms with E-state index in [2.05, 4.69) is 4.72 Å². The third-order valence-electron chi connectivity index (χ3n) is 3.27. The Labute approximate surface area is 109 Å². The summed E-state index contributed by atoms with van der Waals surface area (Å²) in [5, 5.41) is 4.83. The molecule has 0 unspecified atom stereocenters. The van der Waals surface area contributed by atoms with Crippen molar-refractivity contribution in [2.75, 3.05) is 6.54 Å². The van der Waals surface area contributed by atoms with E-state index in [-0.39, 0.29) is 6.54 Å². The second kappa shape index (κ2) is 4.46. The maximum absolute atomic E-state index is 12.6. The number of alkyl halides is 3. The van der Waals surface area contributed by atoms with Crippen LogP contribution >= 0.6 is 0 Å². The van der Waals surface area contributed by atoms with Crippen LogP contribution < -0.4 is 9.86 Å². The molecule has 1 aromatic rings. The third-order valence-corrected chi connectivity index (χ3v) is 3.81. The highest BCUT2D eigenvalue weighted by Gasteiger charge is 2.45. The molecule has 0 aromatic heterocycles. The molecule has 0 atom stereocenters. The standard InChI is InChI=1S/C11H13F3N2O2S/c12-11(13,14)9-3-1-2-8(6-9)10(4-5-10)7-16-19(15,17)18/h1-3,6,16H,4-5,7H2,(H2,15,17,18). The van der Waals surface area contributed by atoms with E-state index >= 15 is 0 Å². The maximum atomic E-state index is 12.6. The van der Waals surface area contributed by atoms with Crippen LogP contribution in [-0.2, 0) is 21.8 Å². The highest BCUT2D eigenvalue weighted by Crippen LogP contribution is 2.48. The molecule has 0 saturated heterocycles. The summed E-state index contributed by atoms with van der Waals surface area (Å²) >= 11 is 0. The van der Waals surface area contributed by atoms with Gasteiger partial charge < -0.3 is 0 Å². The zero-order valence-corrected chi connectivity index (χ0v) is 10.7. The first-order chi connectivity index (χ1) is 8.62. The average Bonchev–Trinajstić information content (AvgIpc) is 3.06. The van der Waals surface area contributed by atoms with Crippen molar-refractivity contribution >= 4 is 10.2 Å². The van der Waals surface area contributed by atoms with E-state index in [1.165, 1.54) is 6.07 Å². The van der Waals surface area contributed by atoms with Crippen molar-refractivity contribution in [3.05, 3.63) is 35.4 Å². The summed E-state index contributed by atoms with van der Waals surface area (Å²) in [6, 6.07) is 4.97. The maximum Gasteiger partial charge on any atom is 0.416 e. The van der Waals surface area contributed by atoms with Gasteiger partial charge in [0.25, 0.3) is 10.2 Å². The summed E-state index contributed by atoms with van der Waals surface area (Å²) in [7, 11) is -3.84. The molecule has 106 valence electrons. The number of nitrogens with two attached hydrogens (primary N) is 1. The Kier molecular flexibility index (Phi) is 3.36.